The first-order valence-corrected chi connectivity index (χ1v) is 16.9. The molecule has 4 saturated carbocycles. The van der Waals surface area contributed by atoms with E-state index in [1.165, 1.54) is 5.57 Å². The largest absolute Gasteiger partial charge is 0.461 e. The fraction of sp³-hybridized carbons (Fsp3) is 0.882. The number of ether oxygens (including phenoxy) is 2. The highest BCUT2D eigenvalue weighted by Crippen LogP contribution is 2.76. The lowest BCUT2D eigenvalue weighted by Gasteiger charge is -2.70. The van der Waals surface area contributed by atoms with Crippen molar-refractivity contribution in [1.82, 2.24) is 0 Å². The van der Waals surface area contributed by atoms with Crippen molar-refractivity contribution in [3.63, 3.8) is 0 Å². The third-order valence-electron chi connectivity index (χ3n) is 12.9. The van der Waals surface area contributed by atoms with E-state index in [1.807, 2.05) is 13.8 Å². The maximum absolute atomic E-state index is 12.7. The molecule has 41 heavy (non-hydrogen) atoms. The maximum atomic E-state index is 12.7. The first-order valence-electron chi connectivity index (χ1n) is 15.9. The predicted molar refractivity (Wildman–Crippen MR) is 165 cm³/mol. The molecule has 0 aliphatic heterocycles. The van der Waals surface area contributed by atoms with Gasteiger partial charge in [-0.1, -0.05) is 46.8 Å². The van der Waals surface area contributed by atoms with Crippen LogP contribution in [-0.2, 0) is 19.1 Å². The summed E-state index contributed by atoms with van der Waals surface area (Å²) in [5.41, 5.74) is 0.490. The number of carbonyl (C=O) groups excluding carboxylic acids is 2. The van der Waals surface area contributed by atoms with Gasteiger partial charge in [0.25, 0.3) is 0 Å². The van der Waals surface area contributed by atoms with Crippen molar-refractivity contribution in [2.45, 2.75) is 130 Å². The van der Waals surface area contributed by atoms with E-state index in [-0.39, 0.29) is 63.5 Å². The molecule has 0 spiro atoms. The second kappa shape index (κ2) is 11.6. The summed E-state index contributed by atoms with van der Waals surface area (Å²) in [4.78, 5) is 24.9. The molecular formula is C34H54Cl2O5. The van der Waals surface area contributed by atoms with Gasteiger partial charge in [0.1, 0.15) is 24.0 Å². The lowest BCUT2D eigenvalue weighted by atomic mass is 9.35. The molecule has 0 amide bonds. The van der Waals surface area contributed by atoms with Crippen LogP contribution >= 0.6 is 23.2 Å². The SMILES string of the molecule is C=C(CCCC(C)(C)O)[C@H]1CC[C@]2(C)[C@@H]1[C@H](OC(=O)CCl)C[C@@H]1[C@@]3(C)CC[C@H](OC(=O)CCl)C(C)(C)[C@@H]3CC[C@]12C. The lowest BCUT2D eigenvalue weighted by Crippen LogP contribution is -2.66. The van der Waals surface area contributed by atoms with Gasteiger partial charge in [0.05, 0.1) is 5.60 Å². The summed E-state index contributed by atoms with van der Waals surface area (Å²) < 4.78 is 12.2. The van der Waals surface area contributed by atoms with E-state index in [9.17, 15) is 14.7 Å². The third kappa shape index (κ3) is 5.75. The first-order chi connectivity index (χ1) is 18.9. The Balaban J connectivity index is 1.67. The summed E-state index contributed by atoms with van der Waals surface area (Å²) >= 11 is 11.8. The zero-order valence-electron chi connectivity index (χ0n) is 26.5. The monoisotopic (exact) mass is 612 g/mol. The summed E-state index contributed by atoms with van der Waals surface area (Å²) in [5, 5.41) is 10.3. The molecule has 7 heteroatoms. The van der Waals surface area contributed by atoms with Gasteiger partial charge in [-0.15, -0.1) is 23.2 Å². The van der Waals surface area contributed by atoms with Gasteiger partial charge in [-0.2, -0.15) is 0 Å². The molecule has 4 aliphatic rings. The van der Waals surface area contributed by atoms with Crippen LogP contribution in [0, 0.1) is 45.3 Å². The van der Waals surface area contributed by atoms with Crippen LogP contribution in [0.5, 0.6) is 0 Å². The average molecular weight is 614 g/mol. The topological polar surface area (TPSA) is 72.8 Å². The first kappa shape index (κ1) is 33.1. The van der Waals surface area contributed by atoms with Crippen LogP contribution in [0.25, 0.3) is 0 Å². The standard InChI is InChI=1S/C34H54Cl2O5/c1-21(10-9-14-30(2,3)39)22-11-16-34(8)29(22)23(40-27(37)19-35)18-25-32(6)15-13-26(41-28(38)20-36)31(4,5)24(32)12-17-33(25,34)7/h22-26,29,39H,1,9-20H2,2-8H3/t22-,23-,24+,25-,26+,29+,32+,33-,34-/m1/s1. The minimum absolute atomic E-state index is 0.00288. The molecule has 0 aromatic heterocycles. The van der Waals surface area contributed by atoms with Gasteiger partial charge >= 0.3 is 11.9 Å². The van der Waals surface area contributed by atoms with Gasteiger partial charge in [0.2, 0.25) is 0 Å². The van der Waals surface area contributed by atoms with Gasteiger partial charge in [0.15, 0.2) is 0 Å². The zero-order valence-corrected chi connectivity index (χ0v) is 28.0. The summed E-state index contributed by atoms with van der Waals surface area (Å²) in [6.45, 7) is 20.3. The van der Waals surface area contributed by atoms with Gasteiger partial charge in [-0.3, -0.25) is 9.59 Å². The summed E-state index contributed by atoms with van der Waals surface area (Å²) in [5.74, 6) is 0.319. The number of hydrogen-bond acceptors (Lipinski definition) is 5. The van der Waals surface area contributed by atoms with Crippen molar-refractivity contribution < 1.29 is 24.2 Å². The van der Waals surface area contributed by atoms with Crippen LogP contribution in [0.3, 0.4) is 0 Å². The lowest BCUT2D eigenvalue weighted by molar-refractivity contribution is -0.246. The highest BCUT2D eigenvalue weighted by molar-refractivity contribution is 6.26. The number of fused-ring (bicyclic) bond motifs is 5. The van der Waals surface area contributed by atoms with E-state index in [2.05, 4.69) is 41.2 Å². The number of rotatable bonds is 9. The highest BCUT2D eigenvalue weighted by Gasteiger charge is 2.71. The molecular weight excluding hydrogens is 559 g/mol. The van der Waals surface area contributed by atoms with Crippen LogP contribution in [0.4, 0.5) is 0 Å². The number of esters is 2. The Bertz CT molecular complexity index is 1020. The van der Waals surface area contributed by atoms with Gasteiger partial charge in [0, 0.05) is 11.3 Å². The molecule has 4 rings (SSSR count). The van der Waals surface area contributed by atoms with Crippen molar-refractivity contribution in [2.75, 3.05) is 11.8 Å². The van der Waals surface area contributed by atoms with Crippen molar-refractivity contribution in [2.24, 2.45) is 45.3 Å². The molecule has 4 fully saturated rings. The normalized spacial score (nSPS) is 41.5. The van der Waals surface area contributed by atoms with Crippen LogP contribution < -0.4 is 0 Å². The Labute approximate surface area is 258 Å². The van der Waals surface area contributed by atoms with Crippen molar-refractivity contribution >= 4 is 35.1 Å². The molecule has 5 nitrogen and oxygen atoms in total. The zero-order chi connectivity index (χ0) is 30.6. The molecule has 0 aromatic carbocycles. The second-order valence-corrected chi connectivity index (χ2v) is 16.4. The minimum Gasteiger partial charge on any atom is -0.461 e. The summed E-state index contributed by atoms with van der Waals surface area (Å²) in [6, 6.07) is 0. The van der Waals surface area contributed by atoms with E-state index in [1.54, 1.807) is 0 Å². The molecule has 0 radical (unpaired) electrons. The van der Waals surface area contributed by atoms with Crippen molar-refractivity contribution in [3.05, 3.63) is 12.2 Å². The Morgan fingerprint density at radius 1 is 0.902 bits per heavy atom. The van der Waals surface area contributed by atoms with E-state index in [4.69, 9.17) is 32.7 Å². The average Bonchev–Trinajstić information content (AvgIpc) is 3.25. The molecule has 0 bridgehead atoms. The quantitative estimate of drug-likeness (QED) is 0.162. The Kier molecular flexibility index (Phi) is 9.39. The summed E-state index contributed by atoms with van der Waals surface area (Å²) in [7, 11) is 0. The number of allylic oxidation sites excluding steroid dienone is 1. The van der Waals surface area contributed by atoms with E-state index in [0.29, 0.717) is 17.8 Å². The van der Waals surface area contributed by atoms with Crippen molar-refractivity contribution in [3.8, 4) is 0 Å². The fourth-order valence-electron chi connectivity index (χ4n) is 10.8. The number of carbonyl (C=O) groups is 2. The number of aliphatic hydroxyl groups is 1. The maximum Gasteiger partial charge on any atom is 0.321 e. The van der Waals surface area contributed by atoms with E-state index >= 15 is 0 Å². The fourth-order valence-corrected chi connectivity index (χ4v) is 10.9. The molecule has 0 aromatic rings. The molecule has 0 heterocycles. The van der Waals surface area contributed by atoms with Crippen LogP contribution in [0.1, 0.15) is 113 Å². The van der Waals surface area contributed by atoms with E-state index in [0.717, 1.165) is 64.2 Å². The second-order valence-electron chi connectivity index (χ2n) is 15.8. The highest BCUT2D eigenvalue weighted by atomic mass is 35.5. The van der Waals surface area contributed by atoms with Crippen LogP contribution in [0.15, 0.2) is 12.2 Å². The van der Waals surface area contributed by atoms with Gasteiger partial charge in [-0.05, 0) is 112 Å². The van der Waals surface area contributed by atoms with Crippen LogP contribution in [0.2, 0.25) is 0 Å². The van der Waals surface area contributed by atoms with Crippen LogP contribution in [-0.4, -0.2) is 46.6 Å². The minimum atomic E-state index is -0.683. The molecule has 234 valence electrons. The Morgan fingerprint density at radius 2 is 1.51 bits per heavy atom. The molecule has 9 atom stereocenters. The summed E-state index contributed by atoms with van der Waals surface area (Å²) in [6.07, 6.45) is 9.17. The number of halogens is 2. The number of hydrogen-bond donors (Lipinski definition) is 1. The molecule has 0 saturated heterocycles. The smallest absolute Gasteiger partial charge is 0.321 e. The van der Waals surface area contributed by atoms with E-state index < -0.39 is 5.60 Å². The predicted octanol–water partition coefficient (Wildman–Crippen LogP) is 8.08. The molecule has 0 unspecified atom stereocenters. The Morgan fingerprint density at radius 3 is 2.12 bits per heavy atom. The molecule has 4 aliphatic carbocycles. The number of alkyl halides is 2. The Hall–Kier alpha value is -0.780. The third-order valence-corrected chi connectivity index (χ3v) is 13.3. The van der Waals surface area contributed by atoms with Gasteiger partial charge < -0.3 is 14.6 Å². The molecule has 1 N–H and O–H groups in total. The van der Waals surface area contributed by atoms with Gasteiger partial charge in [-0.25, -0.2) is 0 Å². The van der Waals surface area contributed by atoms with Crippen molar-refractivity contribution in [1.29, 1.82) is 0 Å².